The van der Waals surface area contributed by atoms with Gasteiger partial charge in [0.25, 0.3) is 5.91 Å². The molecule has 0 unspecified atom stereocenters. The molecule has 4 rings (SSSR count). The molecule has 2 amide bonds. The molecule has 3 N–H and O–H groups in total. The van der Waals surface area contributed by atoms with Crippen LogP contribution in [0.5, 0.6) is 11.5 Å². The summed E-state index contributed by atoms with van der Waals surface area (Å²) in [5, 5.41) is 7.29. The molecule has 0 saturated heterocycles. The molecule has 0 fully saturated rings. The Balaban J connectivity index is 1.27. The van der Waals surface area contributed by atoms with Crippen molar-refractivity contribution < 1.29 is 14.3 Å². The summed E-state index contributed by atoms with van der Waals surface area (Å²) in [6.45, 7) is 0.504. The van der Waals surface area contributed by atoms with E-state index in [1.54, 1.807) is 54.7 Å². The summed E-state index contributed by atoms with van der Waals surface area (Å²) in [4.78, 5) is 23.5. The highest BCUT2D eigenvalue weighted by molar-refractivity contribution is 5.94. The average molecular weight is 426 g/mol. The molecule has 0 bridgehead atoms. The maximum Gasteiger partial charge on any atom is 0.251 e. The molecule has 0 aliphatic heterocycles. The molecule has 1 heterocycles. The van der Waals surface area contributed by atoms with Crippen molar-refractivity contribution in [1.82, 2.24) is 15.1 Å². The molecule has 4 aromatic rings. The van der Waals surface area contributed by atoms with Gasteiger partial charge in [-0.3, -0.25) is 9.59 Å². The van der Waals surface area contributed by atoms with E-state index in [-0.39, 0.29) is 5.91 Å². The molecular formula is C25H22N4O3. The Morgan fingerprint density at radius 3 is 2.12 bits per heavy atom. The van der Waals surface area contributed by atoms with Gasteiger partial charge in [0.15, 0.2) is 0 Å². The molecule has 0 saturated carbocycles. The summed E-state index contributed by atoms with van der Waals surface area (Å²) >= 11 is 0. The largest absolute Gasteiger partial charge is 0.457 e. The van der Waals surface area contributed by atoms with Crippen LogP contribution in [0.1, 0.15) is 26.3 Å². The minimum atomic E-state index is -0.489. The second-order valence-corrected chi connectivity index (χ2v) is 7.15. The maximum absolute atomic E-state index is 12.4. The van der Waals surface area contributed by atoms with Crippen LogP contribution in [0, 0.1) is 0 Å². The third-order valence-corrected chi connectivity index (χ3v) is 4.85. The molecule has 0 spiro atoms. The first-order chi connectivity index (χ1) is 15.6. The lowest BCUT2D eigenvalue weighted by atomic mass is 10.2. The Morgan fingerprint density at radius 1 is 0.875 bits per heavy atom. The second kappa shape index (κ2) is 9.61. The van der Waals surface area contributed by atoms with Gasteiger partial charge in [-0.05, 0) is 72.6 Å². The SMILES string of the molecule is NC(=O)c1ccc(Oc2ccc(C(=O)NCCc3cnn(-c4ccccc4)c3)cc2)cc1. The standard InChI is InChI=1S/C25H22N4O3/c26-24(30)19-6-10-22(11-7-19)32-23-12-8-20(9-13-23)25(31)27-15-14-18-16-28-29(17-18)21-4-2-1-3-5-21/h1-13,16-17H,14-15H2,(H2,26,30)(H,27,31). The number of carbonyl (C=O) groups excluding carboxylic acids is 2. The summed E-state index contributed by atoms with van der Waals surface area (Å²) in [6, 6.07) is 23.3. The molecule has 7 nitrogen and oxygen atoms in total. The van der Waals surface area contributed by atoms with Crippen LogP contribution in [0.4, 0.5) is 0 Å². The number of nitrogens with zero attached hydrogens (tertiary/aromatic N) is 2. The van der Waals surface area contributed by atoms with Crippen LogP contribution in [-0.2, 0) is 6.42 Å². The van der Waals surface area contributed by atoms with Crippen LogP contribution in [0.25, 0.3) is 5.69 Å². The van der Waals surface area contributed by atoms with Crippen LogP contribution < -0.4 is 15.8 Å². The fourth-order valence-electron chi connectivity index (χ4n) is 3.13. The zero-order valence-electron chi connectivity index (χ0n) is 17.3. The number of benzene rings is 3. The Morgan fingerprint density at radius 2 is 1.50 bits per heavy atom. The van der Waals surface area contributed by atoms with Crippen molar-refractivity contribution in [2.24, 2.45) is 5.73 Å². The fraction of sp³-hybridized carbons (Fsp3) is 0.0800. The van der Waals surface area contributed by atoms with E-state index in [0.29, 0.717) is 35.6 Å². The minimum Gasteiger partial charge on any atom is -0.457 e. The molecule has 0 aliphatic carbocycles. The number of nitrogens with two attached hydrogens (primary N) is 1. The van der Waals surface area contributed by atoms with Crippen molar-refractivity contribution in [2.75, 3.05) is 6.54 Å². The Labute approximate surface area is 185 Å². The number of carbonyl (C=O) groups is 2. The topological polar surface area (TPSA) is 99.2 Å². The van der Waals surface area contributed by atoms with E-state index in [4.69, 9.17) is 10.5 Å². The molecular weight excluding hydrogens is 404 g/mol. The number of amides is 2. The van der Waals surface area contributed by atoms with Crippen molar-refractivity contribution in [1.29, 1.82) is 0 Å². The smallest absolute Gasteiger partial charge is 0.251 e. The molecule has 1 aromatic heterocycles. The highest BCUT2D eigenvalue weighted by Crippen LogP contribution is 2.22. The summed E-state index contributed by atoms with van der Waals surface area (Å²) in [5.74, 6) is 0.514. The van der Waals surface area contributed by atoms with Crippen LogP contribution in [0.3, 0.4) is 0 Å². The van der Waals surface area contributed by atoms with E-state index in [0.717, 1.165) is 11.3 Å². The molecule has 0 atom stereocenters. The number of nitrogens with one attached hydrogen (secondary N) is 1. The summed E-state index contributed by atoms with van der Waals surface area (Å²) in [6.07, 6.45) is 4.45. The lowest BCUT2D eigenvalue weighted by molar-refractivity contribution is 0.0952. The van der Waals surface area contributed by atoms with Gasteiger partial charge in [-0.15, -0.1) is 0 Å². The minimum absolute atomic E-state index is 0.155. The van der Waals surface area contributed by atoms with Crippen molar-refractivity contribution in [3.63, 3.8) is 0 Å². The first-order valence-corrected chi connectivity index (χ1v) is 10.1. The number of rotatable bonds is 8. The fourth-order valence-corrected chi connectivity index (χ4v) is 3.13. The van der Waals surface area contributed by atoms with Crippen molar-refractivity contribution in [2.45, 2.75) is 6.42 Å². The van der Waals surface area contributed by atoms with Crippen LogP contribution in [0.2, 0.25) is 0 Å². The zero-order valence-corrected chi connectivity index (χ0v) is 17.3. The molecule has 160 valence electrons. The number of hydrogen-bond donors (Lipinski definition) is 2. The van der Waals surface area contributed by atoms with E-state index in [1.165, 1.54) is 0 Å². The van der Waals surface area contributed by atoms with E-state index in [9.17, 15) is 9.59 Å². The number of primary amides is 1. The number of hydrogen-bond acceptors (Lipinski definition) is 4. The predicted molar refractivity (Wildman–Crippen MR) is 121 cm³/mol. The van der Waals surface area contributed by atoms with E-state index < -0.39 is 5.91 Å². The van der Waals surface area contributed by atoms with Gasteiger partial charge in [-0.1, -0.05) is 18.2 Å². The van der Waals surface area contributed by atoms with Gasteiger partial charge in [0.1, 0.15) is 11.5 Å². The monoisotopic (exact) mass is 426 g/mol. The molecule has 3 aromatic carbocycles. The van der Waals surface area contributed by atoms with Gasteiger partial charge >= 0.3 is 0 Å². The van der Waals surface area contributed by atoms with Crippen molar-refractivity contribution in [3.05, 3.63) is 108 Å². The van der Waals surface area contributed by atoms with E-state index in [1.807, 2.05) is 41.2 Å². The van der Waals surface area contributed by atoms with Crippen molar-refractivity contribution in [3.8, 4) is 17.2 Å². The molecule has 0 aliphatic rings. The van der Waals surface area contributed by atoms with Gasteiger partial charge in [0.2, 0.25) is 5.91 Å². The molecule has 0 radical (unpaired) electrons. The predicted octanol–water partition coefficient (Wildman–Crippen LogP) is 3.74. The second-order valence-electron chi connectivity index (χ2n) is 7.15. The van der Waals surface area contributed by atoms with Crippen LogP contribution in [-0.4, -0.2) is 28.1 Å². The Bertz CT molecular complexity index is 1200. The van der Waals surface area contributed by atoms with Gasteiger partial charge in [0, 0.05) is 23.9 Å². The van der Waals surface area contributed by atoms with Crippen LogP contribution in [0.15, 0.2) is 91.3 Å². The Hall–Kier alpha value is -4.39. The van der Waals surface area contributed by atoms with Crippen molar-refractivity contribution >= 4 is 11.8 Å². The van der Waals surface area contributed by atoms with Gasteiger partial charge in [-0.25, -0.2) is 4.68 Å². The van der Waals surface area contributed by atoms with Gasteiger partial charge in [0.05, 0.1) is 11.9 Å². The number of ether oxygens (including phenoxy) is 1. The summed E-state index contributed by atoms with van der Waals surface area (Å²) < 4.78 is 7.55. The summed E-state index contributed by atoms with van der Waals surface area (Å²) in [7, 11) is 0. The molecule has 32 heavy (non-hydrogen) atoms. The third-order valence-electron chi connectivity index (χ3n) is 4.85. The normalized spacial score (nSPS) is 10.5. The van der Waals surface area contributed by atoms with Gasteiger partial charge < -0.3 is 15.8 Å². The maximum atomic E-state index is 12.4. The number of para-hydroxylation sites is 1. The highest BCUT2D eigenvalue weighted by Gasteiger charge is 2.07. The lowest BCUT2D eigenvalue weighted by Crippen LogP contribution is -2.25. The van der Waals surface area contributed by atoms with Crippen LogP contribution >= 0.6 is 0 Å². The lowest BCUT2D eigenvalue weighted by Gasteiger charge is -2.08. The van der Waals surface area contributed by atoms with E-state index >= 15 is 0 Å². The van der Waals surface area contributed by atoms with E-state index in [2.05, 4.69) is 10.4 Å². The average Bonchev–Trinajstić information content (AvgIpc) is 3.29. The quantitative estimate of drug-likeness (QED) is 0.448. The van der Waals surface area contributed by atoms with Gasteiger partial charge in [-0.2, -0.15) is 5.10 Å². The Kier molecular flexibility index (Phi) is 6.27. The first kappa shape index (κ1) is 20.9. The first-order valence-electron chi connectivity index (χ1n) is 10.1. The summed E-state index contributed by atoms with van der Waals surface area (Å²) in [5.41, 5.74) is 8.23. The highest BCUT2D eigenvalue weighted by atomic mass is 16.5. The molecule has 7 heteroatoms. The number of aromatic nitrogens is 2. The third kappa shape index (κ3) is 5.20. The zero-order chi connectivity index (χ0) is 22.3.